The number of aryl methyl sites for hydroxylation is 1. The number of fused-ring (bicyclic) bond motifs is 3. The number of alkyl halides is 3. The van der Waals surface area contributed by atoms with Crippen molar-refractivity contribution in [2.24, 2.45) is 0 Å². The maximum Gasteiger partial charge on any atom is 0.419 e. The Morgan fingerprint density at radius 1 is 0.781 bits per heavy atom. The summed E-state index contributed by atoms with van der Waals surface area (Å²) in [6.45, 7) is 2.22. The van der Waals surface area contributed by atoms with Gasteiger partial charge < -0.3 is 0 Å². The van der Waals surface area contributed by atoms with Crippen LogP contribution in [-0.2, 0) is 19.0 Å². The Balaban J connectivity index is 1.50. The molecule has 0 bridgehead atoms. The van der Waals surface area contributed by atoms with Gasteiger partial charge in [0.25, 0.3) is 0 Å². The standard InChI is InChI=1S/C28H24F4/c1-2-3-4-5-6-19-9-12-24-22(15-19)18-23-16-20(10-13-25(23)24)7-8-21-11-14-26(27(29)17-21)28(30,31)32/h9-17H,2-6,18H2,1H3. The summed E-state index contributed by atoms with van der Waals surface area (Å²) in [5.74, 6) is 4.43. The van der Waals surface area contributed by atoms with Crippen LogP contribution in [0.4, 0.5) is 17.6 Å². The summed E-state index contributed by atoms with van der Waals surface area (Å²) in [6, 6.07) is 15.4. The van der Waals surface area contributed by atoms with Crippen molar-refractivity contribution in [1.29, 1.82) is 0 Å². The third-order valence-electron chi connectivity index (χ3n) is 5.89. The van der Waals surface area contributed by atoms with Crippen LogP contribution in [0.15, 0.2) is 54.6 Å². The maximum absolute atomic E-state index is 13.8. The highest BCUT2D eigenvalue weighted by atomic mass is 19.4. The van der Waals surface area contributed by atoms with Gasteiger partial charge in [-0.25, -0.2) is 4.39 Å². The van der Waals surface area contributed by atoms with E-state index in [0.717, 1.165) is 30.5 Å². The predicted octanol–water partition coefficient (Wildman–Crippen LogP) is 7.94. The van der Waals surface area contributed by atoms with E-state index >= 15 is 0 Å². The molecule has 0 unspecified atom stereocenters. The van der Waals surface area contributed by atoms with Gasteiger partial charge in [-0.05, 0) is 77.4 Å². The Hall–Kier alpha value is -3.06. The van der Waals surface area contributed by atoms with E-state index in [0.29, 0.717) is 0 Å². The van der Waals surface area contributed by atoms with E-state index in [-0.39, 0.29) is 5.56 Å². The Morgan fingerprint density at radius 2 is 1.44 bits per heavy atom. The topological polar surface area (TPSA) is 0 Å². The fraction of sp³-hybridized carbons (Fsp3) is 0.286. The van der Waals surface area contributed by atoms with Crippen LogP contribution < -0.4 is 0 Å². The van der Waals surface area contributed by atoms with E-state index in [4.69, 9.17) is 0 Å². The molecular formula is C28H24F4. The molecule has 0 spiro atoms. The average Bonchev–Trinajstić information content (AvgIpc) is 3.11. The van der Waals surface area contributed by atoms with Crippen LogP contribution in [0.1, 0.15) is 66.0 Å². The first kappa shape index (κ1) is 22.1. The second-order valence-corrected chi connectivity index (χ2v) is 8.29. The van der Waals surface area contributed by atoms with E-state index in [1.165, 1.54) is 59.6 Å². The summed E-state index contributed by atoms with van der Waals surface area (Å²) in [5, 5.41) is 0. The number of unbranched alkanes of at least 4 members (excludes halogenated alkanes) is 3. The molecule has 1 aliphatic rings. The van der Waals surface area contributed by atoms with Crippen LogP contribution in [0.3, 0.4) is 0 Å². The van der Waals surface area contributed by atoms with Crippen LogP contribution in [0.25, 0.3) is 11.1 Å². The van der Waals surface area contributed by atoms with Crippen LogP contribution in [0, 0.1) is 17.7 Å². The van der Waals surface area contributed by atoms with Crippen LogP contribution >= 0.6 is 0 Å². The molecule has 0 aliphatic heterocycles. The normalized spacial score (nSPS) is 12.2. The van der Waals surface area contributed by atoms with Crippen LogP contribution in [0.5, 0.6) is 0 Å². The van der Waals surface area contributed by atoms with Gasteiger partial charge in [-0.15, -0.1) is 0 Å². The van der Waals surface area contributed by atoms with E-state index in [2.05, 4.69) is 37.0 Å². The molecule has 0 N–H and O–H groups in total. The molecule has 3 aromatic rings. The molecule has 0 radical (unpaired) electrons. The van der Waals surface area contributed by atoms with Gasteiger partial charge in [0.05, 0.1) is 5.56 Å². The molecule has 0 aromatic heterocycles. The molecule has 4 heteroatoms. The molecule has 0 heterocycles. The van der Waals surface area contributed by atoms with Crippen molar-refractivity contribution >= 4 is 0 Å². The predicted molar refractivity (Wildman–Crippen MR) is 120 cm³/mol. The molecule has 1 aliphatic carbocycles. The third-order valence-corrected chi connectivity index (χ3v) is 5.89. The molecule has 0 saturated carbocycles. The zero-order chi connectivity index (χ0) is 22.7. The highest BCUT2D eigenvalue weighted by molar-refractivity contribution is 5.77. The summed E-state index contributed by atoms with van der Waals surface area (Å²) >= 11 is 0. The SMILES string of the molecule is CCCCCCc1ccc2c(c1)Cc1cc(C#Cc3ccc(C(F)(F)F)c(F)c3)ccc1-2. The van der Waals surface area contributed by atoms with Crippen molar-refractivity contribution in [3.8, 4) is 23.0 Å². The minimum absolute atomic E-state index is 0.215. The molecule has 3 aromatic carbocycles. The Kier molecular flexibility index (Phi) is 6.37. The Bertz CT molecular complexity index is 1190. The molecule has 0 nitrogen and oxygen atoms in total. The van der Waals surface area contributed by atoms with E-state index in [9.17, 15) is 17.6 Å². The first-order valence-corrected chi connectivity index (χ1v) is 11.0. The maximum atomic E-state index is 13.8. The molecule has 0 fully saturated rings. The minimum atomic E-state index is -4.71. The van der Waals surface area contributed by atoms with Gasteiger partial charge in [-0.2, -0.15) is 13.2 Å². The lowest BCUT2D eigenvalue weighted by molar-refractivity contribution is -0.140. The van der Waals surface area contributed by atoms with Gasteiger partial charge in [0.15, 0.2) is 0 Å². The lowest BCUT2D eigenvalue weighted by Gasteiger charge is -2.07. The van der Waals surface area contributed by atoms with E-state index in [1.54, 1.807) is 0 Å². The summed E-state index contributed by atoms with van der Waals surface area (Å²) in [7, 11) is 0. The molecule has 0 amide bonds. The largest absolute Gasteiger partial charge is 0.419 e. The number of rotatable bonds is 5. The lowest BCUT2D eigenvalue weighted by Crippen LogP contribution is -2.07. The summed E-state index contributed by atoms with van der Waals surface area (Å²) in [4.78, 5) is 0. The van der Waals surface area contributed by atoms with Crippen molar-refractivity contribution in [2.75, 3.05) is 0 Å². The fourth-order valence-electron chi connectivity index (χ4n) is 4.22. The molecule has 0 saturated heterocycles. The van der Waals surface area contributed by atoms with Gasteiger partial charge in [0.1, 0.15) is 5.82 Å². The molecule has 164 valence electrons. The zero-order valence-corrected chi connectivity index (χ0v) is 18.0. The molecular weight excluding hydrogens is 412 g/mol. The summed E-state index contributed by atoms with van der Waals surface area (Å²) in [6.07, 6.45) is 2.22. The lowest BCUT2D eigenvalue weighted by atomic mass is 10.00. The van der Waals surface area contributed by atoms with Gasteiger partial charge in [-0.3, -0.25) is 0 Å². The highest BCUT2D eigenvalue weighted by Crippen LogP contribution is 2.37. The first-order valence-electron chi connectivity index (χ1n) is 11.0. The van der Waals surface area contributed by atoms with Crippen LogP contribution in [0.2, 0.25) is 0 Å². The highest BCUT2D eigenvalue weighted by Gasteiger charge is 2.33. The monoisotopic (exact) mass is 436 g/mol. The fourth-order valence-corrected chi connectivity index (χ4v) is 4.22. The van der Waals surface area contributed by atoms with Gasteiger partial charge in [-0.1, -0.05) is 62.3 Å². The average molecular weight is 436 g/mol. The van der Waals surface area contributed by atoms with Crippen molar-refractivity contribution in [3.63, 3.8) is 0 Å². The van der Waals surface area contributed by atoms with Crippen molar-refractivity contribution in [1.82, 2.24) is 0 Å². The molecule has 32 heavy (non-hydrogen) atoms. The van der Waals surface area contributed by atoms with E-state index in [1.807, 2.05) is 18.2 Å². The van der Waals surface area contributed by atoms with Gasteiger partial charge in [0.2, 0.25) is 0 Å². The third kappa shape index (κ3) is 4.88. The molecule has 0 atom stereocenters. The second-order valence-electron chi connectivity index (χ2n) is 8.29. The second kappa shape index (κ2) is 9.20. The summed E-state index contributed by atoms with van der Waals surface area (Å²) < 4.78 is 51.9. The number of benzene rings is 3. The minimum Gasteiger partial charge on any atom is -0.206 e. The Morgan fingerprint density at radius 3 is 2.12 bits per heavy atom. The number of hydrogen-bond acceptors (Lipinski definition) is 0. The summed E-state index contributed by atoms with van der Waals surface area (Å²) in [5.41, 5.74) is 6.03. The smallest absolute Gasteiger partial charge is 0.206 e. The number of hydrogen-bond donors (Lipinski definition) is 0. The zero-order valence-electron chi connectivity index (χ0n) is 18.0. The van der Waals surface area contributed by atoms with Crippen molar-refractivity contribution in [3.05, 3.63) is 93.8 Å². The number of halogens is 4. The quantitative estimate of drug-likeness (QED) is 0.169. The van der Waals surface area contributed by atoms with Crippen molar-refractivity contribution in [2.45, 2.75) is 51.6 Å². The van der Waals surface area contributed by atoms with Gasteiger partial charge >= 0.3 is 6.18 Å². The van der Waals surface area contributed by atoms with Crippen LogP contribution in [-0.4, -0.2) is 0 Å². The van der Waals surface area contributed by atoms with Crippen molar-refractivity contribution < 1.29 is 17.6 Å². The van der Waals surface area contributed by atoms with E-state index < -0.39 is 17.6 Å². The first-order chi connectivity index (χ1) is 15.3. The van der Waals surface area contributed by atoms with Gasteiger partial charge in [0, 0.05) is 11.1 Å². The Labute approximate surface area is 186 Å². The molecule has 4 rings (SSSR count).